The summed E-state index contributed by atoms with van der Waals surface area (Å²) in [6, 6.07) is 10.9. The average Bonchev–Trinajstić information content (AvgIpc) is 2.60. The summed E-state index contributed by atoms with van der Waals surface area (Å²) in [6.07, 6.45) is 19.9. The van der Waals surface area contributed by atoms with E-state index in [1.165, 1.54) is 94.8 Å². The normalized spacial score (nSPS) is 12.4. The van der Waals surface area contributed by atoms with Crippen LogP contribution in [0.25, 0.3) is 0 Å². The van der Waals surface area contributed by atoms with Crippen LogP contribution < -0.4 is 0 Å². The second-order valence-electron chi connectivity index (χ2n) is 7.17. The smallest absolute Gasteiger partial charge is 0.00943 e. The molecule has 0 amide bonds. The number of thioether (sulfide) groups is 1. The SMILES string of the molecule is CCCCCCCCCCCCCC(CCC)Sc1ccccc1. The minimum absolute atomic E-state index is 0.816. The first-order valence-electron chi connectivity index (χ1n) is 10.6. The molecule has 0 aromatic heterocycles. The topological polar surface area (TPSA) is 0 Å². The fraction of sp³-hybridized carbons (Fsp3) is 0.739. The van der Waals surface area contributed by atoms with Crippen LogP contribution >= 0.6 is 11.8 Å². The lowest BCUT2D eigenvalue weighted by molar-refractivity contribution is 0.537. The van der Waals surface area contributed by atoms with E-state index < -0.39 is 0 Å². The summed E-state index contributed by atoms with van der Waals surface area (Å²) in [5.74, 6) is 0. The summed E-state index contributed by atoms with van der Waals surface area (Å²) < 4.78 is 0. The number of hydrogen-bond donors (Lipinski definition) is 0. The van der Waals surface area contributed by atoms with Crippen molar-refractivity contribution in [1.29, 1.82) is 0 Å². The van der Waals surface area contributed by atoms with Crippen molar-refractivity contribution < 1.29 is 0 Å². The summed E-state index contributed by atoms with van der Waals surface area (Å²) in [7, 11) is 0. The van der Waals surface area contributed by atoms with Crippen LogP contribution in [0.15, 0.2) is 35.2 Å². The van der Waals surface area contributed by atoms with Crippen LogP contribution in [0.4, 0.5) is 0 Å². The number of unbranched alkanes of at least 4 members (excludes halogenated alkanes) is 10. The first-order valence-corrected chi connectivity index (χ1v) is 11.5. The quantitative estimate of drug-likeness (QED) is 0.213. The highest BCUT2D eigenvalue weighted by molar-refractivity contribution is 8.00. The maximum Gasteiger partial charge on any atom is 0.00943 e. The Kier molecular flexibility index (Phi) is 14.5. The molecule has 0 saturated carbocycles. The fourth-order valence-electron chi connectivity index (χ4n) is 3.31. The zero-order chi connectivity index (χ0) is 17.3. The first kappa shape index (κ1) is 21.6. The minimum Gasteiger partial charge on any atom is -0.123 e. The predicted octanol–water partition coefficient (Wildman–Crippen LogP) is 8.65. The molecule has 0 nitrogen and oxygen atoms in total. The molecule has 24 heavy (non-hydrogen) atoms. The molecule has 0 aliphatic heterocycles. The van der Waals surface area contributed by atoms with Gasteiger partial charge in [-0.3, -0.25) is 0 Å². The van der Waals surface area contributed by atoms with E-state index in [1.54, 1.807) is 0 Å². The van der Waals surface area contributed by atoms with E-state index >= 15 is 0 Å². The Balaban J connectivity index is 1.99. The van der Waals surface area contributed by atoms with Gasteiger partial charge in [-0.2, -0.15) is 0 Å². The third kappa shape index (κ3) is 12.0. The van der Waals surface area contributed by atoms with Crippen molar-refractivity contribution in [3.63, 3.8) is 0 Å². The maximum atomic E-state index is 2.32. The molecule has 0 aliphatic carbocycles. The standard InChI is InChI=1S/C23H40S/c1-3-5-6-7-8-9-10-11-12-13-15-19-22(18-4-2)24-23-20-16-14-17-21-23/h14,16-17,20-22H,3-13,15,18-19H2,1-2H3. The van der Waals surface area contributed by atoms with E-state index in [0.717, 1.165) is 5.25 Å². The molecule has 0 bridgehead atoms. The Hall–Kier alpha value is -0.430. The van der Waals surface area contributed by atoms with Crippen molar-refractivity contribution in [2.75, 3.05) is 0 Å². The summed E-state index contributed by atoms with van der Waals surface area (Å²) in [4.78, 5) is 1.44. The van der Waals surface area contributed by atoms with Gasteiger partial charge in [-0.05, 0) is 25.0 Å². The van der Waals surface area contributed by atoms with Gasteiger partial charge in [0, 0.05) is 10.1 Å². The van der Waals surface area contributed by atoms with Crippen LogP contribution in [-0.4, -0.2) is 5.25 Å². The predicted molar refractivity (Wildman–Crippen MR) is 112 cm³/mol. The highest BCUT2D eigenvalue weighted by Crippen LogP contribution is 2.29. The van der Waals surface area contributed by atoms with Gasteiger partial charge in [-0.15, -0.1) is 11.8 Å². The molecule has 0 aliphatic rings. The largest absolute Gasteiger partial charge is 0.123 e. The summed E-state index contributed by atoms with van der Waals surface area (Å²) in [5, 5.41) is 0.816. The molecule has 0 fully saturated rings. The number of hydrogen-bond acceptors (Lipinski definition) is 1. The van der Waals surface area contributed by atoms with Gasteiger partial charge in [0.2, 0.25) is 0 Å². The van der Waals surface area contributed by atoms with Crippen molar-refractivity contribution in [3.05, 3.63) is 30.3 Å². The second-order valence-corrected chi connectivity index (χ2v) is 8.54. The van der Waals surface area contributed by atoms with Crippen molar-refractivity contribution in [1.82, 2.24) is 0 Å². The van der Waals surface area contributed by atoms with E-state index in [-0.39, 0.29) is 0 Å². The lowest BCUT2D eigenvalue weighted by atomic mass is 10.0. The number of benzene rings is 1. The molecule has 1 heteroatoms. The third-order valence-electron chi connectivity index (χ3n) is 4.79. The van der Waals surface area contributed by atoms with Crippen LogP contribution in [0, 0.1) is 0 Å². The molecule has 1 rings (SSSR count). The van der Waals surface area contributed by atoms with E-state index in [9.17, 15) is 0 Å². The molecular weight excluding hydrogens is 308 g/mol. The zero-order valence-electron chi connectivity index (χ0n) is 16.3. The van der Waals surface area contributed by atoms with Crippen molar-refractivity contribution >= 4 is 11.8 Å². The van der Waals surface area contributed by atoms with E-state index in [2.05, 4.69) is 55.9 Å². The van der Waals surface area contributed by atoms with Gasteiger partial charge in [-0.1, -0.05) is 109 Å². The summed E-state index contributed by atoms with van der Waals surface area (Å²) in [5.41, 5.74) is 0. The molecule has 1 aromatic carbocycles. The van der Waals surface area contributed by atoms with Gasteiger partial charge >= 0.3 is 0 Å². The minimum atomic E-state index is 0.816. The second kappa shape index (κ2) is 16.1. The van der Waals surface area contributed by atoms with Crippen LogP contribution in [0.1, 0.15) is 104 Å². The molecule has 0 saturated heterocycles. The van der Waals surface area contributed by atoms with E-state index in [1.807, 2.05) is 0 Å². The Morgan fingerprint density at radius 1 is 0.625 bits per heavy atom. The van der Waals surface area contributed by atoms with Crippen molar-refractivity contribution in [2.24, 2.45) is 0 Å². The first-order chi connectivity index (χ1) is 11.9. The highest BCUT2D eigenvalue weighted by atomic mass is 32.2. The fourth-order valence-corrected chi connectivity index (χ4v) is 4.65. The molecule has 0 heterocycles. The number of rotatable bonds is 16. The average molecular weight is 349 g/mol. The maximum absolute atomic E-state index is 2.32. The molecule has 138 valence electrons. The van der Waals surface area contributed by atoms with Gasteiger partial charge < -0.3 is 0 Å². The van der Waals surface area contributed by atoms with E-state index in [0.29, 0.717) is 0 Å². The lowest BCUT2D eigenvalue weighted by Gasteiger charge is -2.15. The summed E-state index contributed by atoms with van der Waals surface area (Å²) >= 11 is 2.09. The molecule has 0 radical (unpaired) electrons. The van der Waals surface area contributed by atoms with Crippen molar-refractivity contribution in [3.8, 4) is 0 Å². The van der Waals surface area contributed by atoms with Crippen LogP contribution in [0.3, 0.4) is 0 Å². The Bertz CT molecular complexity index is 360. The third-order valence-corrected chi connectivity index (χ3v) is 6.14. The molecular formula is C23H40S. The van der Waals surface area contributed by atoms with Gasteiger partial charge in [0.1, 0.15) is 0 Å². The highest BCUT2D eigenvalue weighted by Gasteiger charge is 2.09. The molecule has 0 N–H and O–H groups in total. The van der Waals surface area contributed by atoms with Gasteiger partial charge in [-0.25, -0.2) is 0 Å². The van der Waals surface area contributed by atoms with Gasteiger partial charge in [0.15, 0.2) is 0 Å². The lowest BCUT2D eigenvalue weighted by Crippen LogP contribution is -2.02. The van der Waals surface area contributed by atoms with Gasteiger partial charge in [0.05, 0.1) is 0 Å². The Labute approximate surface area is 156 Å². The molecule has 1 aromatic rings. The summed E-state index contributed by atoms with van der Waals surface area (Å²) in [6.45, 7) is 4.61. The van der Waals surface area contributed by atoms with Gasteiger partial charge in [0.25, 0.3) is 0 Å². The van der Waals surface area contributed by atoms with Crippen LogP contribution in [0.2, 0.25) is 0 Å². The van der Waals surface area contributed by atoms with E-state index in [4.69, 9.17) is 0 Å². The van der Waals surface area contributed by atoms with Crippen LogP contribution in [-0.2, 0) is 0 Å². The van der Waals surface area contributed by atoms with Crippen LogP contribution in [0.5, 0.6) is 0 Å². The Morgan fingerprint density at radius 3 is 1.71 bits per heavy atom. The Morgan fingerprint density at radius 2 is 1.17 bits per heavy atom. The molecule has 0 spiro atoms. The molecule has 1 atom stereocenters. The van der Waals surface area contributed by atoms with Crippen molar-refractivity contribution in [2.45, 2.75) is 114 Å². The monoisotopic (exact) mass is 348 g/mol. The zero-order valence-corrected chi connectivity index (χ0v) is 17.1. The molecule has 1 unspecified atom stereocenters.